The lowest BCUT2D eigenvalue weighted by Crippen LogP contribution is -2.34. The highest BCUT2D eigenvalue weighted by Gasteiger charge is 2.26. The van der Waals surface area contributed by atoms with Gasteiger partial charge in [-0.2, -0.15) is 4.31 Å². The van der Waals surface area contributed by atoms with Gasteiger partial charge in [0.1, 0.15) is 10.6 Å². The van der Waals surface area contributed by atoms with E-state index < -0.39 is 21.9 Å². The molecule has 2 rings (SSSR count). The molecule has 2 aromatic rings. The van der Waals surface area contributed by atoms with Gasteiger partial charge in [0.25, 0.3) is 0 Å². The number of aryl methyl sites for hydroxylation is 2. The van der Waals surface area contributed by atoms with Crippen molar-refractivity contribution < 1.29 is 22.7 Å². The van der Waals surface area contributed by atoms with Gasteiger partial charge in [-0.3, -0.25) is 4.79 Å². The molecule has 9 heteroatoms. The molecule has 0 atom stereocenters. The number of hydrogen-bond acceptors (Lipinski definition) is 5. The fourth-order valence-electron chi connectivity index (χ4n) is 2.47. The number of carbonyl (C=O) groups is 2. The van der Waals surface area contributed by atoms with Gasteiger partial charge in [-0.15, -0.1) is 0 Å². The molecule has 0 radical (unpaired) electrons. The van der Waals surface area contributed by atoms with Crippen LogP contribution in [0.1, 0.15) is 23.0 Å². The molecule has 1 amide bonds. The minimum Gasteiger partial charge on any atom is -0.464 e. The van der Waals surface area contributed by atoms with Crippen molar-refractivity contribution in [3.8, 4) is 0 Å². The van der Waals surface area contributed by atoms with E-state index in [1.807, 2.05) is 19.1 Å². The van der Waals surface area contributed by atoms with E-state index in [0.29, 0.717) is 5.69 Å². The van der Waals surface area contributed by atoms with Gasteiger partial charge in [-0.05, 0) is 30.2 Å². The van der Waals surface area contributed by atoms with Crippen molar-refractivity contribution in [1.29, 1.82) is 0 Å². The quantitative estimate of drug-likeness (QED) is 0.721. The number of sulfonamides is 1. The van der Waals surface area contributed by atoms with Gasteiger partial charge in [0.05, 0.1) is 13.7 Å². The number of benzene rings is 1. The van der Waals surface area contributed by atoms with Crippen LogP contribution >= 0.6 is 0 Å². The second-order valence-electron chi connectivity index (χ2n) is 6.02. The number of ether oxygens (including phenoxy) is 1. The molecule has 8 nitrogen and oxygen atoms in total. The maximum absolute atomic E-state index is 12.7. The summed E-state index contributed by atoms with van der Waals surface area (Å²) in [6.45, 7) is 1.67. The third kappa shape index (κ3) is 4.75. The summed E-state index contributed by atoms with van der Waals surface area (Å²) in [5, 5.41) is 2.67. The number of esters is 1. The minimum absolute atomic E-state index is 0.0898. The summed E-state index contributed by atoms with van der Waals surface area (Å²) in [5.74, 6) is -1.11. The van der Waals surface area contributed by atoms with Crippen LogP contribution in [0.4, 0.5) is 5.69 Å². The second kappa shape index (κ2) is 8.36. The lowest BCUT2D eigenvalue weighted by molar-refractivity contribution is -0.116. The Morgan fingerprint density at radius 1 is 1.22 bits per heavy atom. The number of hydrogen-bond donors (Lipinski definition) is 1. The van der Waals surface area contributed by atoms with E-state index in [9.17, 15) is 18.0 Å². The minimum atomic E-state index is -3.94. The molecule has 0 fully saturated rings. The molecule has 1 N–H and O–H groups in total. The summed E-state index contributed by atoms with van der Waals surface area (Å²) in [6.07, 6.45) is 2.19. The van der Waals surface area contributed by atoms with Crippen LogP contribution in [0.3, 0.4) is 0 Å². The highest BCUT2D eigenvalue weighted by molar-refractivity contribution is 7.89. The van der Waals surface area contributed by atoms with Gasteiger partial charge in [0.2, 0.25) is 15.9 Å². The fourth-order valence-corrected chi connectivity index (χ4v) is 3.67. The molecule has 1 heterocycles. The first-order valence-electron chi connectivity index (χ1n) is 8.28. The van der Waals surface area contributed by atoms with Gasteiger partial charge in [0, 0.05) is 26.0 Å². The van der Waals surface area contributed by atoms with Gasteiger partial charge >= 0.3 is 5.97 Å². The van der Waals surface area contributed by atoms with Crippen molar-refractivity contribution in [2.45, 2.75) is 18.2 Å². The third-order valence-corrected chi connectivity index (χ3v) is 5.86. The van der Waals surface area contributed by atoms with Crippen molar-refractivity contribution >= 4 is 27.6 Å². The van der Waals surface area contributed by atoms with Crippen LogP contribution in [0.25, 0.3) is 0 Å². The lowest BCUT2D eigenvalue weighted by Gasteiger charge is -2.16. The van der Waals surface area contributed by atoms with Gasteiger partial charge in [0.15, 0.2) is 0 Å². The molecule has 0 saturated carbocycles. The molecule has 0 aliphatic heterocycles. The molecule has 27 heavy (non-hydrogen) atoms. The van der Waals surface area contributed by atoms with Crippen LogP contribution in [0.2, 0.25) is 0 Å². The van der Waals surface area contributed by atoms with Crippen molar-refractivity contribution in [1.82, 2.24) is 8.87 Å². The number of nitrogens with zero attached hydrogens (tertiary/aromatic N) is 2. The Kier molecular flexibility index (Phi) is 6.40. The first kappa shape index (κ1) is 20.7. The number of amides is 1. The monoisotopic (exact) mass is 393 g/mol. The lowest BCUT2D eigenvalue weighted by atomic mass is 10.1. The number of nitrogens with one attached hydrogen (secondary N) is 1. The van der Waals surface area contributed by atoms with Gasteiger partial charge in [-0.1, -0.05) is 19.1 Å². The van der Waals surface area contributed by atoms with Crippen LogP contribution in [0.15, 0.2) is 41.4 Å². The summed E-state index contributed by atoms with van der Waals surface area (Å²) in [5.41, 5.74) is 1.83. The van der Waals surface area contributed by atoms with Crippen molar-refractivity contribution in [3.05, 3.63) is 47.8 Å². The summed E-state index contributed by atoms with van der Waals surface area (Å²) in [6, 6.07) is 8.55. The number of rotatable bonds is 7. The molecule has 0 saturated heterocycles. The van der Waals surface area contributed by atoms with Crippen LogP contribution < -0.4 is 5.32 Å². The number of anilines is 1. The average Bonchev–Trinajstić information content (AvgIpc) is 3.04. The van der Waals surface area contributed by atoms with E-state index in [1.165, 1.54) is 38.0 Å². The van der Waals surface area contributed by atoms with E-state index >= 15 is 0 Å². The largest absolute Gasteiger partial charge is 0.464 e. The van der Waals surface area contributed by atoms with Crippen LogP contribution in [0, 0.1) is 0 Å². The molecule has 1 aromatic heterocycles. The van der Waals surface area contributed by atoms with Crippen LogP contribution in [-0.4, -0.2) is 49.9 Å². The topological polar surface area (TPSA) is 97.7 Å². The second-order valence-corrected chi connectivity index (χ2v) is 8.07. The fraction of sp³-hybridized carbons (Fsp3) is 0.333. The summed E-state index contributed by atoms with van der Waals surface area (Å²) >= 11 is 0. The van der Waals surface area contributed by atoms with E-state index in [2.05, 4.69) is 10.1 Å². The molecule has 146 valence electrons. The molecule has 0 unspecified atom stereocenters. The highest BCUT2D eigenvalue weighted by Crippen LogP contribution is 2.18. The molecule has 0 spiro atoms. The molecular formula is C18H23N3O5S. The van der Waals surface area contributed by atoms with E-state index in [4.69, 9.17) is 0 Å². The molecular weight excluding hydrogens is 370 g/mol. The number of aromatic nitrogens is 1. The first-order valence-corrected chi connectivity index (χ1v) is 9.72. The molecule has 1 aromatic carbocycles. The molecule has 0 aliphatic carbocycles. The smallest absolute Gasteiger partial charge is 0.354 e. The normalized spacial score (nSPS) is 11.4. The third-order valence-electron chi connectivity index (χ3n) is 4.09. The Morgan fingerprint density at radius 2 is 1.85 bits per heavy atom. The Balaban J connectivity index is 2.10. The SMILES string of the molecule is CCc1ccc(NC(=O)CN(C)S(=O)(=O)c2cc(C(=O)OC)n(C)c2)cc1. The zero-order chi connectivity index (χ0) is 20.2. The van der Waals surface area contributed by atoms with Gasteiger partial charge in [-0.25, -0.2) is 13.2 Å². The zero-order valence-corrected chi connectivity index (χ0v) is 16.5. The number of methoxy groups -OCH3 is 1. The Bertz CT molecular complexity index is 932. The molecule has 0 aliphatic rings. The van der Waals surface area contributed by atoms with Crippen molar-refractivity contribution in [2.75, 3.05) is 26.0 Å². The number of carbonyl (C=O) groups excluding carboxylic acids is 2. The van der Waals surface area contributed by atoms with Crippen LogP contribution in [-0.2, 0) is 33.0 Å². The highest BCUT2D eigenvalue weighted by atomic mass is 32.2. The predicted molar refractivity (Wildman–Crippen MR) is 101 cm³/mol. The zero-order valence-electron chi connectivity index (χ0n) is 15.7. The Labute approximate surface area is 158 Å². The number of likely N-dealkylation sites (N-methyl/N-ethyl adjacent to an activating group) is 1. The maximum atomic E-state index is 12.7. The predicted octanol–water partition coefficient (Wildman–Crippen LogP) is 1.63. The summed E-state index contributed by atoms with van der Waals surface area (Å²) in [4.78, 5) is 23.8. The standard InChI is InChI=1S/C18H23N3O5S/c1-5-13-6-8-14(9-7-13)19-17(22)12-21(3)27(24,25)15-10-16(18(23)26-4)20(2)11-15/h6-11H,5,12H2,1-4H3,(H,19,22). The average molecular weight is 393 g/mol. The Hall–Kier alpha value is -2.65. The first-order chi connectivity index (χ1) is 12.7. The summed E-state index contributed by atoms with van der Waals surface area (Å²) in [7, 11) is 0.124. The maximum Gasteiger partial charge on any atom is 0.354 e. The van der Waals surface area contributed by atoms with Crippen molar-refractivity contribution in [2.24, 2.45) is 7.05 Å². The summed E-state index contributed by atoms with van der Waals surface area (Å²) < 4.78 is 32.2. The van der Waals surface area contributed by atoms with Crippen LogP contribution in [0.5, 0.6) is 0 Å². The Morgan fingerprint density at radius 3 is 2.41 bits per heavy atom. The van der Waals surface area contributed by atoms with Crippen molar-refractivity contribution in [3.63, 3.8) is 0 Å². The van der Waals surface area contributed by atoms with E-state index in [1.54, 1.807) is 12.1 Å². The van der Waals surface area contributed by atoms with E-state index in [-0.39, 0.29) is 17.1 Å². The van der Waals surface area contributed by atoms with Gasteiger partial charge < -0.3 is 14.6 Å². The molecule has 0 bridgehead atoms. The van der Waals surface area contributed by atoms with E-state index in [0.717, 1.165) is 16.3 Å².